The van der Waals surface area contributed by atoms with Gasteiger partial charge in [0.15, 0.2) is 0 Å². The summed E-state index contributed by atoms with van der Waals surface area (Å²) in [7, 11) is 2.08. The Balaban J connectivity index is 1.09. The van der Waals surface area contributed by atoms with Gasteiger partial charge in [-0.1, -0.05) is 0 Å². The van der Waals surface area contributed by atoms with E-state index in [0.29, 0.717) is 17.9 Å². The van der Waals surface area contributed by atoms with Crippen LogP contribution in [0.3, 0.4) is 0 Å². The minimum atomic E-state index is -4.28. The van der Waals surface area contributed by atoms with Crippen LogP contribution in [0.25, 0.3) is 0 Å². The third-order valence-electron chi connectivity index (χ3n) is 7.86. The third-order valence-corrected chi connectivity index (χ3v) is 7.86. The van der Waals surface area contributed by atoms with Crippen molar-refractivity contribution in [1.82, 2.24) is 19.7 Å². The van der Waals surface area contributed by atoms with Crippen molar-refractivity contribution in [3.05, 3.63) is 41.5 Å². The number of rotatable bonds is 7. The second-order valence-corrected chi connectivity index (χ2v) is 9.99. The largest absolute Gasteiger partial charge is 0.416 e. The molecule has 34 heavy (non-hydrogen) atoms. The van der Waals surface area contributed by atoms with Gasteiger partial charge in [0.2, 0.25) is 0 Å². The quantitative estimate of drug-likeness (QED) is 0.558. The number of aromatic nitrogens is 3. The predicted molar refractivity (Wildman–Crippen MR) is 124 cm³/mol. The number of likely N-dealkylation sites (tertiary alicyclic amines) is 1. The molecule has 2 aromatic rings. The smallest absolute Gasteiger partial charge is 0.381 e. The van der Waals surface area contributed by atoms with Crippen LogP contribution in [0.15, 0.2) is 24.3 Å². The minimum Gasteiger partial charge on any atom is -0.381 e. The summed E-state index contributed by atoms with van der Waals surface area (Å²) < 4.78 is 46.3. The second-order valence-electron chi connectivity index (χ2n) is 9.99. The summed E-state index contributed by atoms with van der Waals surface area (Å²) in [5.74, 6) is 3.21. The fourth-order valence-corrected chi connectivity index (χ4v) is 5.92. The van der Waals surface area contributed by atoms with E-state index >= 15 is 0 Å². The molecule has 5 rings (SSSR count). The molecule has 0 saturated carbocycles. The van der Waals surface area contributed by atoms with Crippen LogP contribution in [0.5, 0.6) is 0 Å². The van der Waals surface area contributed by atoms with Crippen LogP contribution >= 0.6 is 0 Å². The number of alkyl halides is 3. The van der Waals surface area contributed by atoms with Gasteiger partial charge in [-0.25, -0.2) is 0 Å². The van der Waals surface area contributed by atoms with Gasteiger partial charge in [-0.2, -0.15) is 13.2 Å². The van der Waals surface area contributed by atoms with Crippen LogP contribution < -0.4 is 4.90 Å². The summed E-state index contributed by atoms with van der Waals surface area (Å²) in [5, 5.41) is 8.92. The van der Waals surface area contributed by atoms with Gasteiger partial charge in [0.05, 0.1) is 5.56 Å². The normalized spacial score (nSPS) is 24.2. The molecule has 0 bridgehead atoms. The van der Waals surface area contributed by atoms with E-state index in [1.165, 1.54) is 12.1 Å². The number of hydrogen-bond acceptors (Lipinski definition) is 5. The van der Waals surface area contributed by atoms with Gasteiger partial charge < -0.3 is 19.1 Å². The van der Waals surface area contributed by atoms with Crippen molar-refractivity contribution in [3.8, 4) is 0 Å². The number of anilines is 1. The molecule has 1 unspecified atom stereocenters. The Morgan fingerprint density at radius 2 is 1.76 bits per heavy atom. The summed E-state index contributed by atoms with van der Waals surface area (Å²) in [5.41, 5.74) is 0.327. The molecule has 0 N–H and O–H groups in total. The average molecular weight is 478 g/mol. The Bertz CT molecular complexity index is 954. The highest BCUT2D eigenvalue weighted by molar-refractivity contribution is 5.50. The van der Waals surface area contributed by atoms with Gasteiger partial charge in [-0.15, -0.1) is 10.2 Å². The predicted octanol–water partition coefficient (Wildman–Crippen LogP) is 4.26. The zero-order valence-electron chi connectivity index (χ0n) is 19.8. The molecule has 4 heterocycles. The van der Waals surface area contributed by atoms with Crippen molar-refractivity contribution >= 4 is 5.69 Å². The lowest BCUT2D eigenvalue weighted by atomic mass is 9.99. The van der Waals surface area contributed by atoms with Crippen molar-refractivity contribution in [2.24, 2.45) is 13.0 Å². The number of ether oxygens (including phenoxy) is 1. The number of unbranched alkanes of at least 4 members (excludes halogenated alkanes) is 1. The van der Waals surface area contributed by atoms with Crippen LogP contribution in [0, 0.1) is 5.92 Å². The lowest BCUT2D eigenvalue weighted by Crippen LogP contribution is -2.35. The van der Waals surface area contributed by atoms with Gasteiger partial charge in [0.1, 0.15) is 11.6 Å². The van der Waals surface area contributed by atoms with Crippen LogP contribution in [0.1, 0.15) is 55.2 Å². The van der Waals surface area contributed by atoms with Gasteiger partial charge in [-0.3, -0.25) is 0 Å². The lowest BCUT2D eigenvalue weighted by molar-refractivity contribution is -0.137. The fraction of sp³-hybridized carbons (Fsp3) is 0.680. The molecular weight excluding hydrogens is 443 g/mol. The Morgan fingerprint density at radius 1 is 1.00 bits per heavy atom. The standard InChI is InChI=1S/C25H34F3N5O/c1-31-23(29-30-24(31)18-10-14-34-15-11-18)4-2-3-12-32-16-19-9-13-33(22(19)17-32)21-7-5-20(6-8-21)25(26,27)28/h5-8,18-19,22H,2-4,9-17H2,1H3/t19?,22-/m0/s1. The van der Waals surface area contributed by atoms with Crippen LogP contribution in [-0.2, 0) is 24.4 Å². The molecule has 1 aromatic heterocycles. The van der Waals surface area contributed by atoms with E-state index in [0.717, 1.165) is 95.3 Å². The average Bonchev–Trinajstić information content (AvgIpc) is 3.51. The number of benzene rings is 1. The minimum absolute atomic E-state index is 0.400. The highest BCUT2D eigenvalue weighted by Gasteiger charge is 2.41. The first-order valence-corrected chi connectivity index (χ1v) is 12.5. The fourth-order valence-electron chi connectivity index (χ4n) is 5.92. The van der Waals surface area contributed by atoms with Crippen molar-refractivity contribution in [1.29, 1.82) is 0 Å². The molecule has 0 amide bonds. The Hall–Kier alpha value is -2.13. The number of nitrogens with zero attached hydrogens (tertiary/aromatic N) is 5. The maximum Gasteiger partial charge on any atom is 0.416 e. The molecule has 6 nitrogen and oxygen atoms in total. The number of aryl methyl sites for hydroxylation is 1. The monoisotopic (exact) mass is 477 g/mol. The number of halogens is 3. The van der Waals surface area contributed by atoms with E-state index in [1.54, 1.807) is 12.1 Å². The van der Waals surface area contributed by atoms with Crippen molar-refractivity contribution < 1.29 is 17.9 Å². The Kier molecular flexibility index (Phi) is 6.84. The van der Waals surface area contributed by atoms with Crippen LogP contribution in [-0.4, -0.2) is 65.1 Å². The van der Waals surface area contributed by atoms with E-state index in [2.05, 4.69) is 31.6 Å². The van der Waals surface area contributed by atoms with E-state index in [4.69, 9.17) is 4.74 Å². The molecule has 3 aliphatic rings. The van der Waals surface area contributed by atoms with Crippen LogP contribution in [0.4, 0.5) is 18.9 Å². The Morgan fingerprint density at radius 3 is 2.50 bits per heavy atom. The van der Waals surface area contributed by atoms with Crippen LogP contribution in [0.2, 0.25) is 0 Å². The zero-order chi connectivity index (χ0) is 23.7. The molecular formula is C25H34F3N5O. The van der Waals surface area contributed by atoms with Crippen molar-refractivity contribution in [2.45, 2.75) is 56.7 Å². The van der Waals surface area contributed by atoms with Crippen molar-refractivity contribution in [2.75, 3.05) is 44.3 Å². The number of fused-ring (bicyclic) bond motifs is 1. The first kappa shape index (κ1) is 23.6. The van der Waals surface area contributed by atoms with Gasteiger partial charge in [0.25, 0.3) is 0 Å². The highest BCUT2D eigenvalue weighted by atomic mass is 19.4. The first-order chi connectivity index (χ1) is 16.4. The first-order valence-electron chi connectivity index (χ1n) is 12.5. The zero-order valence-corrected chi connectivity index (χ0v) is 19.8. The summed E-state index contributed by atoms with van der Waals surface area (Å²) in [6.07, 6.45) is 1.99. The third kappa shape index (κ3) is 4.96. The topological polar surface area (TPSA) is 46.4 Å². The van der Waals surface area contributed by atoms with E-state index in [9.17, 15) is 13.2 Å². The maximum absolute atomic E-state index is 12.9. The molecule has 0 spiro atoms. The van der Waals surface area contributed by atoms with E-state index in [-0.39, 0.29) is 0 Å². The molecule has 0 aliphatic carbocycles. The van der Waals surface area contributed by atoms with E-state index < -0.39 is 11.7 Å². The summed E-state index contributed by atoms with van der Waals surface area (Å²) >= 11 is 0. The second kappa shape index (κ2) is 9.85. The Labute approximate surface area is 199 Å². The van der Waals surface area contributed by atoms with Gasteiger partial charge in [-0.05, 0) is 68.8 Å². The number of hydrogen-bond donors (Lipinski definition) is 0. The lowest BCUT2D eigenvalue weighted by Gasteiger charge is -2.27. The molecule has 9 heteroatoms. The maximum atomic E-state index is 12.9. The summed E-state index contributed by atoms with van der Waals surface area (Å²) in [6, 6.07) is 6.06. The summed E-state index contributed by atoms with van der Waals surface area (Å²) in [4.78, 5) is 4.83. The SMILES string of the molecule is Cn1c(CCCCN2CC3CCN(c4ccc(C(F)(F)F)cc4)[C@H]3C2)nnc1C1CCOCC1. The molecule has 3 saturated heterocycles. The molecule has 3 aliphatic heterocycles. The molecule has 186 valence electrons. The molecule has 1 aromatic carbocycles. The van der Waals surface area contributed by atoms with Crippen molar-refractivity contribution in [3.63, 3.8) is 0 Å². The molecule has 0 radical (unpaired) electrons. The highest BCUT2D eigenvalue weighted by Crippen LogP contribution is 2.37. The summed E-state index contributed by atoms with van der Waals surface area (Å²) in [6.45, 7) is 5.67. The molecule has 3 fully saturated rings. The van der Waals surface area contributed by atoms with Gasteiger partial charge in [0, 0.05) is 64.0 Å². The van der Waals surface area contributed by atoms with E-state index in [1.807, 2.05) is 0 Å². The van der Waals surface area contributed by atoms with Gasteiger partial charge >= 0.3 is 6.18 Å². The molecule has 2 atom stereocenters.